The lowest BCUT2D eigenvalue weighted by molar-refractivity contribution is -0.146. The number of carbonyl (C=O) groups is 2. The van der Waals surface area contributed by atoms with E-state index in [9.17, 15) is 19.8 Å². The molecule has 2 heterocycles. The molecule has 2 rings (SSSR count). The van der Waals surface area contributed by atoms with Gasteiger partial charge in [-0.3, -0.25) is 4.79 Å². The quantitative estimate of drug-likeness (QED) is 0.491. The second kappa shape index (κ2) is 3.91. The number of likely N-dealkylation sites (tertiary alicyclic amines) is 2. The van der Waals surface area contributed by atoms with Gasteiger partial charge in [0.15, 0.2) is 0 Å². The summed E-state index contributed by atoms with van der Waals surface area (Å²) in [6.45, 7) is 0.621. The predicted molar refractivity (Wildman–Crippen MR) is 51.7 cm³/mol. The molecule has 0 aromatic carbocycles. The number of amides is 2. The molecule has 2 aliphatic rings. The van der Waals surface area contributed by atoms with Gasteiger partial charge in [0.1, 0.15) is 0 Å². The van der Waals surface area contributed by atoms with Crippen LogP contribution in [0.4, 0.5) is 4.79 Å². The molecule has 0 aromatic heterocycles. The number of urea groups is 1. The van der Waals surface area contributed by atoms with Gasteiger partial charge in [-0.15, -0.1) is 0 Å². The first-order valence-corrected chi connectivity index (χ1v) is 5.12. The zero-order chi connectivity index (χ0) is 11.9. The Morgan fingerprint density at radius 3 is 1.81 bits per heavy atom. The molecule has 3 N–H and O–H groups in total. The van der Waals surface area contributed by atoms with Crippen LogP contribution >= 0.6 is 0 Å². The number of rotatable bonds is 1. The van der Waals surface area contributed by atoms with Crippen LogP contribution in [0.15, 0.2) is 0 Å². The van der Waals surface area contributed by atoms with Crippen LogP contribution in [-0.2, 0) is 4.79 Å². The highest BCUT2D eigenvalue weighted by Crippen LogP contribution is 2.20. The van der Waals surface area contributed by atoms with Crippen molar-refractivity contribution in [2.24, 2.45) is 5.92 Å². The Bertz CT molecular complexity index is 305. The van der Waals surface area contributed by atoms with Gasteiger partial charge in [0.25, 0.3) is 0 Å². The molecular weight excluding hydrogens is 216 g/mol. The predicted octanol–water partition coefficient (Wildman–Crippen LogP) is -1.84. The second-order valence-corrected chi connectivity index (χ2v) is 4.26. The molecular formula is C9H14N2O5. The molecule has 0 aromatic rings. The number of carboxylic acid groups (broad SMARTS) is 1. The van der Waals surface area contributed by atoms with Crippen LogP contribution in [-0.4, -0.2) is 75.5 Å². The summed E-state index contributed by atoms with van der Waals surface area (Å²) in [5, 5.41) is 27.2. The van der Waals surface area contributed by atoms with Crippen LogP contribution in [0.5, 0.6) is 0 Å². The Kier molecular flexibility index (Phi) is 2.73. The van der Waals surface area contributed by atoms with Gasteiger partial charge < -0.3 is 25.1 Å². The van der Waals surface area contributed by atoms with Gasteiger partial charge in [-0.25, -0.2) is 4.79 Å². The highest BCUT2D eigenvalue weighted by Gasteiger charge is 2.41. The maximum Gasteiger partial charge on any atom is 0.320 e. The van der Waals surface area contributed by atoms with E-state index >= 15 is 0 Å². The molecule has 7 nitrogen and oxygen atoms in total. The Hall–Kier alpha value is -1.34. The van der Waals surface area contributed by atoms with Crippen molar-refractivity contribution in [3.05, 3.63) is 0 Å². The van der Waals surface area contributed by atoms with Gasteiger partial charge in [0.05, 0.1) is 31.2 Å². The largest absolute Gasteiger partial charge is 0.481 e. The van der Waals surface area contributed by atoms with Crippen molar-refractivity contribution in [2.45, 2.75) is 12.2 Å². The van der Waals surface area contributed by atoms with Crippen molar-refractivity contribution in [3.63, 3.8) is 0 Å². The summed E-state index contributed by atoms with van der Waals surface area (Å²) in [5.74, 6) is -1.38. The number of nitrogens with zero attached hydrogens (tertiary/aromatic N) is 2. The zero-order valence-electron chi connectivity index (χ0n) is 8.61. The number of aliphatic hydroxyl groups excluding tert-OH is 2. The Morgan fingerprint density at radius 2 is 1.38 bits per heavy atom. The second-order valence-electron chi connectivity index (χ2n) is 4.26. The fourth-order valence-electron chi connectivity index (χ4n) is 1.92. The molecule has 0 bridgehead atoms. The molecule has 2 amide bonds. The van der Waals surface area contributed by atoms with Gasteiger partial charge in [-0.05, 0) is 0 Å². The average Bonchev–Trinajstić information content (AvgIpc) is 2.43. The first-order valence-electron chi connectivity index (χ1n) is 5.12. The van der Waals surface area contributed by atoms with Gasteiger partial charge in [0.2, 0.25) is 0 Å². The third-order valence-corrected chi connectivity index (χ3v) is 3.03. The van der Waals surface area contributed by atoms with Crippen molar-refractivity contribution in [1.82, 2.24) is 9.80 Å². The molecule has 7 heteroatoms. The zero-order valence-corrected chi connectivity index (χ0v) is 8.61. The summed E-state index contributed by atoms with van der Waals surface area (Å²) >= 11 is 0. The fraction of sp³-hybridized carbons (Fsp3) is 0.778. The molecule has 2 unspecified atom stereocenters. The maximum absolute atomic E-state index is 11.7. The van der Waals surface area contributed by atoms with Crippen LogP contribution in [0, 0.1) is 5.92 Å². The number of carbonyl (C=O) groups excluding carboxylic acids is 1. The van der Waals surface area contributed by atoms with E-state index in [1.807, 2.05) is 0 Å². The van der Waals surface area contributed by atoms with E-state index in [1.54, 1.807) is 0 Å². The van der Waals surface area contributed by atoms with E-state index in [4.69, 9.17) is 5.11 Å². The number of carboxylic acids is 1. The molecule has 2 fully saturated rings. The lowest BCUT2D eigenvalue weighted by atomic mass is 10.0. The molecule has 90 valence electrons. The van der Waals surface area contributed by atoms with E-state index in [2.05, 4.69) is 0 Å². The normalized spacial score (nSPS) is 30.4. The molecule has 2 atom stereocenters. The Morgan fingerprint density at radius 1 is 0.938 bits per heavy atom. The van der Waals surface area contributed by atoms with Gasteiger partial charge in [0, 0.05) is 13.1 Å². The van der Waals surface area contributed by atoms with Crippen molar-refractivity contribution in [1.29, 1.82) is 0 Å². The van der Waals surface area contributed by atoms with Crippen LogP contribution in [0.1, 0.15) is 0 Å². The first kappa shape index (κ1) is 11.2. The van der Waals surface area contributed by atoms with E-state index in [1.165, 1.54) is 9.80 Å². The number of hydrogen-bond donors (Lipinski definition) is 3. The molecule has 0 radical (unpaired) electrons. The maximum atomic E-state index is 11.7. The van der Waals surface area contributed by atoms with Crippen LogP contribution in [0.3, 0.4) is 0 Å². The fourth-order valence-corrected chi connectivity index (χ4v) is 1.92. The average molecular weight is 230 g/mol. The molecule has 16 heavy (non-hydrogen) atoms. The molecule has 0 spiro atoms. The van der Waals surface area contributed by atoms with Crippen molar-refractivity contribution >= 4 is 12.0 Å². The molecule has 2 saturated heterocycles. The SMILES string of the molecule is O=C(O)C1CN(C(=O)N2CC(O)C(O)C2)C1. The smallest absolute Gasteiger partial charge is 0.320 e. The first-order chi connectivity index (χ1) is 7.49. The van der Waals surface area contributed by atoms with Crippen molar-refractivity contribution < 1.29 is 24.9 Å². The lowest BCUT2D eigenvalue weighted by Gasteiger charge is -2.38. The Labute approximate surface area is 91.9 Å². The van der Waals surface area contributed by atoms with Crippen LogP contribution in [0.2, 0.25) is 0 Å². The summed E-state index contributed by atoms with van der Waals surface area (Å²) in [4.78, 5) is 25.0. The number of aliphatic hydroxyl groups is 2. The lowest BCUT2D eigenvalue weighted by Crippen LogP contribution is -2.56. The monoisotopic (exact) mass is 230 g/mol. The third kappa shape index (κ3) is 1.83. The van der Waals surface area contributed by atoms with Crippen molar-refractivity contribution in [3.8, 4) is 0 Å². The molecule has 2 aliphatic heterocycles. The van der Waals surface area contributed by atoms with Gasteiger partial charge >= 0.3 is 12.0 Å². The van der Waals surface area contributed by atoms with E-state index < -0.39 is 24.1 Å². The topological polar surface area (TPSA) is 101 Å². The van der Waals surface area contributed by atoms with E-state index in [0.29, 0.717) is 0 Å². The number of hydrogen-bond acceptors (Lipinski definition) is 4. The Balaban J connectivity index is 1.84. The summed E-state index contributed by atoms with van der Waals surface area (Å²) in [7, 11) is 0. The highest BCUT2D eigenvalue weighted by atomic mass is 16.4. The molecule has 0 saturated carbocycles. The van der Waals surface area contributed by atoms with Crippen LogP contribution in [0.25, 0.3) is 0 Å². The summed E-state index contributed by atoms with van der Waals surface area (Å²) in [5.41, 5.74) is 0. The van der Waals surface area contributed by atoms with Gasteiger partial charge in [-0.2, -0.15) is 0 Å². The standard InChI is InChI=1S/C9H14N2O5/c12-6-3-11(4-7(6)13)9(16)10-1-5(2-10)8(14)15/h5-7,12-13H,1-4H2,(H,14,15). The summed E-state index contributed by atoms with van der Waals surface area (Å²) < 4.78 is 0. The summed E-state index contributed by atoms with van der Waals surface area (Å²) in [6, 6.07) is -0.312. The van der Waals surface area contributed by atoms with E-state index in [0.717, 1.165) is 0 Å². The minimum atomic E-state index is -0.902. The van der Waals surface area contributed by atoms with Crippen molar-refractivity contribution in [2.75, 3.05) is 26.2 Å². The molecule has 0 aliphatic carbocycles. The minimum Gasteiger partial charge on any atom is -0.481 e. The third-order valence-electron chi connectivity index (χ3n) is 3.03. The number of β-amino-alcohol motifs (C(OH)–C–C–N with tert-alkyl or cyclic N) is 2. The van der Waals surface area contributed by atoms with E-state index in [-0.39, 0.29) is 32.2 Å². The van der Waals surface area contributed by atoms with Crippen LogP contribution < -0.4 is 0 Å². The highest BCUT2D eigenvalue weighted by molar-refractivity contribution is 5.80. The van der Waals surface area contributed by atoms with Gasteiger partial charge in [-0.1, -0.05) is 0 Å². The summed E-state index contributed by atoms with van der Waals surface area (Å²) in [6.07, 6.45) is -1.80. The number of aliphatic carboxylic acids is 1. The minimum absolute atomic E-state index is 0.105.